The molecule has 0 unspecified atom stereocenters. The van der Waals surface area contributed by atoms with Crippen LogP contribution in [-0.4, -0.2) is 0 Å². The number of halogens is 2. The normalized spacial score (nSPS) is 10.9. The molecule has 3 aromatic rings. The molecule has 17 heavy (non-hydrogen) atoms. The molecule has 0 radical (unpaired) electrons. The Morgan fingerprint density at radius 3 is 2.24 bits per heavy atom. The van der Waals surface area contributed by atoms with Crippen LogP contribution in [0.25, 0.3) is 22.3 Å². The van der Waals surface area contributed by atoms with Crippen LogP contribution in [0, 0.1) is 0 Å². The van der Waals surface area contributed by atoms with Crippen molar-refractivity contribution in [2.24, 2.45) is 0 Å². The SMILES string of the molecule is Clc1cc(Cl)cc(-c2cc3ccccc3o2)c1. The highest BCUT2D eigenvalue weighted by atomic mass is 35.5. The third-order valence-corrected chi connectivity index (χ3v) is 3.01. The molecule has 0 atom stereocenters. The van der Waals surface area contributed by atoms with Crippen molar-refractivity contribution >= 4 is 34.2 Å². The summed E-state index contributed by atoms with van der Waals surface area (Å²) in [4.78, 5) is 0. The molecule has 0 fully saturated rings. The maximum Gasteiger partial charge on any atom is 0.135 e. The maximum atomic E-state index is 5.97. The minimum atomic E-state index is 0.605. The number of benzene rings is 2. The van der Waals surface area contributed by atoms with Crippen LogP contribution < -0.4 is 0 Å². The highest BCUT2D eigenvalue weighted by Gasteiger charge is 2.07. The lowest BCUT2D eigenvalue weighted by Gasteiger charge is -1.98. The monoisotopic (exact) mass is 262 g/mol. The Morgan fingerprint density at radius 1 is 0.824 bits per heavy atom. The number of furan rings is 1. The molecule has 0 saturated carbocycles. The van der Waals surface area contributed by atoms with Crippen molar-refractivity contribution in [1.29, 1.82) is 0 Å². The van der Waals surface area contributed by atoms with Gasteiger partial charge in [0.2, 0.25) is 0 Å². The molecule has 1 aromatic heterocycles. The van der Waals surface area contributed by atoms with E-state index in [9.17, 15) is 0 Å². The van der Waals surface area contributed by atoms with Gasteiger partial charge in [0.25, 0.3) is 0 Å². The summed E-state index contributed by atoms with van der Waals surface area (Å²) >= 11 is 11.9. The Hall–Kier alpha value is -1.44. The van der Waals surface area contributed by atoms with Crippen molar-refractivity contribution in [2.45, 2.75) is 0 Å². The van der Waals surface area contributed by atoms with Crippen LogP contribution in [0.3, 0.4) is 0 Å². The number of rotatable bonds is 1. The quantitative estimate of drug-likeness (QED) is 0.572. The Balaban J connectivity index is 2.20. The van der Waals surface area contributed by atoms with Gasteiger partial charge in [0.05, 0.1) is 0 Å². The molecule has 0 amide bonds. The fraction of sp³-hybridized carbons (Fsp3) is 0. The van der Waals surface area contributed by atoms with Gasteiger partial charge >= 0.3 is 0 Å². The average molecular weight is 263 g/mol. The largest absolute Gasteiger partial charge is 0.456 e. The van der Waals surface area contributed by atoms with Crippen molar-refractivity contribution < 1.29 is 4.42 Å². The van der Waals surface area contributed by atoms with Crippen molar-refractivity contribution in [2.75, 3.05) is 0 Å². The van der Waals surface area contributed by atoms with E-state index >= 15 is 0 Å². The molecule has 1 heterocycles. The summed E-state index contributed by atoms with van der Waals surface area (Å²) in [5.74, 6) is 0.774. The Bertz CT molecular complexity index is 632. The van der Waals surface area contributed by atoms with Gasteiger partial charge in [-0.15, -0.1) is 0 Å². The van der Waals surface area contributed by atoms with E-state index in [-0.39, 0.29) is 0 Å². The number of hydrogen-bond donors (Lipinski definition) is 0. The van der Waals surface area contributed by atoms with E-state index in [1.165, 1.54) is 0 Å². The van der Waals surface area contributed by atoms with Gasteiger partial charge in [-0.1, -0.05) is 41.4 Å². The van der Waals surface area contributed by atoms with Gasteiger partial charge in [-0.2, -0.15) is 0 Å². The summed E-state index contributed by atoms with van der Waals surface area (Å²) in [5.41, 5.74) is 1.75. The molecule has 2 aromatic carbocycles. The summed E-state index contributed by atoms with van der Waals surface area (Å²) in [7, 11) is 0. The molecule has 0 spiro atoms. The lowest BCUT2D eigenvalue weighted by atomic mass is 10.1. The molecule has 0 N–H and O–H groups in total. The van der Waals surface area contributed by atoms with E-state index < -0.39 is 0 Å². The molecule has 0 aliphatic rings. The standard InChI is InChI=1S/C14H8Cl2O/c15-11-5-10(6-12(16)8-11)14-7-9-3-1-2-4-13(9)17-14/h1-8H. The molecule has 3 rings (SSSR count). The second-order valence-electron chi connectivity index (χ2n) is 3.81. The minimum absolute atomic E-state index is 0.605. The topological polar surface area (TPSA) is 13.1 Å². The average Bonchev–Trinajstić information content (AvgIpc) is 2.71. The van der Waals surface area contributed by atoms with Crippen LogP contribution in [0.15, 0.2) is 52.9 Å². The first kappa shape index (κ1) is 10.7. The third kappa shape index (κ3) is 2.04. The van der Waals surface area contributed by atoms with E-state index in [4.69, 9.17) is 27.6 Å². The van der Waals surface area contributed by atoms with E-state index in [0.29, 0.717) is 10.0 Å². The van der Waals surface area contributed by atoms with E-state index in [0.717, 1.165) is 22.3 Å². The second kappa shape index (κ2) is 4.10. The first-order chi connectivity index (χ1) is 8.22. The van der Waals surface area contributed by atoms with Crippen LogP contribution in [-0.2, 0) is 0 Å². The Labute approximate surface area is 109 Å². The summed E-state index contributed by atoms with van der Waals surface area (Å²) in [5, 5.41) is 2.28. The van der Waals surface area contributed by atoms with Gasteiger partial charge in [-0.05, 0) is 30.3 Å². The Morgan fingerprint density at radius 2 is 1.53 bits per heavy atom. The summed E-state index contributed by atoms with van der Waals surface area (Å²) in [6.07, 6.45) is 0. The maximum absolute atomic E-state index is 5.97. The fourth-order valence-electron chi connectivity index (χ4n) is 1.82. The number of para-hydroxylation sites is 1. The molecular weight excluding hydrogens is 255 g/mol. The lowest BCUT2D eigenvalue weighted by molar-refractivity contribution is 0.631. The minimum Gasteiger partial charge on any atom is -0.456 e. The van der Waals surface area contributed by atoms with Gasteiger partial charge in [0, 0.05) is 21.0 Å². The summed E-state index contributed by atoms with van der Waals surface area (Å²) < 4.78 is 5.75. The second-order valence-corrected chi connectivity index (χ2v) is 4.68. The van der Waals surface area contributed by atoms with E-state index in [1.807, 2.05) is 42.5 Å². The summed E-state index contributed by atoms with van der Waals surface area (Å²) in [6.45, 7) is 0. The van der Waals surface area contributed by atoms with Crippen molar-refractivity contribution in [3.63, 3.8) is 0 Å². The molecule has 0 bridgehead atoms. The van der Waals surface area contributed by atoms with E-state index in [2.05, 4.69) is 0 Å². The van der Waals surface area contributed by atoms with Crippen LogP contribution in [0.1, 0.15) is 0 Å². The number of fused-ring (bicyclic) bond motifs is 1. The van der Waals surface area contributed by atoms with Crippen molar-refractivity contribution in [3.8, 4) is 11.3 Å². The van der Waals surface area contributed by atoms with Gasteiger partial charge in [0.1, 0.15) is 11.3 Å². The number of hydrogen-bond acceptors (Lipinski definition) is 1. The molecule has 0 saturated heterocycles. The zero-order valence-electron chi connectivity index (χ0n) is 8.78. The van der Waals surface area contributed by atoms with Crippen molar-refractivity contribution in [1.82, 2.24) is 0 Å². The fourth-order valence-corrected chi connectivity index (χ4v) is 2.35. The van der Waals surface area contributed by atoms with Crippen LogP contribution in [0.2, 0.25) is 10.0 Å². The van der Waals surface area contributed by atoms with Crippen LogP contribution >= 0.6 is 23.2 Å². The first-order valence-electron chi connectivity index (χ1n) is 5.17. The highest BCUT2D eigenvalue weighted by molar-refractivity contribution is 6.35. The predicted octanol–water partition coefficient (Wildman–Crippen LogP) is 5.41. The van der Waals surface area contributed by atoms with Gasteiger partial charge in [0.15, 0.2) is 0 Å². The molecule has 1 nitrogen and oxygen atoms in total. The summed E-state index contributed by atoms with van der Waals surface area (Å²) in [6, 6.07) is 15.2. The van der Waals surface area contributed by atoms with Crippen molar-refractivity contribution in [3.05, 3.63) is 58.6 Å². The molecule has 0 aliphatic heterocycles. The molecular formula is C14H8Cl2O. The molecule has 3 heteroatoms. The zero-order valence-corrected chi connectivity index (χ0v) is 10.3. The molecule has 0 aliphatic carbocycles. The van der Waals surface area contributed by atoms with Crippen LogP contribution in [0.5, 0.6) is 0 Å². The van der Waals surface area contributed by atoms with E-state index in [1.54, 1.807) is 6.07 Å². The first-order valence-corrected chi connectivity index (χ1v) is 5.93. The highest BCUT2D eigenvalue weighted by Crippen LogP contribution is 2.31. The van der Waals surface area contributed by atoms with Gasteiger partial charge in [-0.25, -0.2) is 0 Å². The van der Waals surface area contributed by atoms with Gasteiger partial charge < -0.3 is 4.42 Å². The third-order valence-electron chi connectivity index (χ3n) is 2.57. The molecule has 84 valence electrons. The van der Waals surface area contributed by atoms with Crippen LogP contribution in [0.4, 0.5) is 0 Å². The lowest BCUT2D eigenvalue weighted by Crippen LogP contribution is -1.74. The van der Waals surface area contributed by atoms with Gasteiger partial charge in [-0.3, -0.25) is 0 Å². The smallest absolute Gasteiger partial charge is 0.135 e. The zero-order chi connectivity index (χ0) is 11.8. The Kier molecular flexibility index (Phi) is 2.58. The predicted molar refractivity (Wildman–Crippen MR) is 71.7 cm³/mol.